The van der Waals surface area contributed by atoms with Gasteiger partial charge in [0.05, 0.1) is 16.9 Å². The molecular weight excluding hydrogens is 316 g/mol. The van der Waals surface area contributed by atoms with Crippen LogP contribution in [0.3, 0.4) is 0 Å². The topological polar surface area (TPSA) is 95.5 Å². The van der Waals surface area contributed by atoms with E-state index in [0.717, 1.165) is 31.2 Å². The van der Waals surface area contributed by atoms with Crippen molar-refractivity contribution in [3.05, 3.63) is 29.8 Å². The number of aryl methyl sites for hydroxylation is 1. The number of carboxylic acid groups (broad SMARTS) is 1. The highest BCUT2D eigenvalue weighted by Crippen LogP contribution is 2.21. The lowest BCUT2D eigenvalue weighted by molar-refractivity contribution is -0.139. The van der Waals surface area contributed by atoms with Gasteiger partial charge < -0.3 is 10.4 Å². The predicted molar refractivity (Wildman–Crippen MR) is 87.8 cm³/mol. The fraction of sp³-hybridized carbons (Fsp3) is 0.562. The minimum absolute atomic E-state index is 0.174. The summed E-state index contributed by atoms with van der Waals surface area (Å²) < 4.78 is 27.5. The molecule has 0 atom stereocenters. The van der Waals surface area contributed by atoms with Crippen LogP contribution in [0.4, 0.5) is 0 Å². The van der Waals surface area contributed by atoms with Crippen molar-refractivity contribution in [3.63, 3.8) is 0 Å². The van der Waals surface area contributed by atoms with Crippen LogP contribution in [-0.4, -0.2) is 38.1 Å². The van der Waals surface area contributed by atoms with Crippen LogP contribution in [0, 0.1) is 0 Å². The second kappa shape index (κ2) is 7.42. The first-order valence-electron chi connectivity index (χ1n) is 7.92. The Morgan fingerprint density at radius 1 is 1.26 bits per heavy atom. The van der Waals surface area contributed by atoms with E-state index < -0.39 is 21.5 Å². The molecule has 0 bridgehead atoms. The van der Waals surface area contributed by atoms with Crippen LogP contribution >= 0.6 is 0 Å². The van der Waals surface area contributed by atoms with Crippen molar-refractivity contribution in [2.24, 2.45) is 0 Å². The Morgan fingerprint density at radius 3 is 2.39 bits per heavy atom. The van der Waals surface area contributed by atoms with E-state index in [1.165, 1.54) is 0 Å². The smallest absolute Gasteiger partial charge is 0.305 e. The monoisotopic (exact) mass is 340 g/mol. The van der Waals surface area contributed by atoms with Crippen LogP contribution in [0.25, 0.3) is 0 Å². The van der Waals surface area contributed by atoms with E-state index in [1.54, 1.807) is 12.1 Å². The van der Waals surface area contributed by atoms with E-state index in [4.69, 9.17) is 5.11 Å². The van der Waals surface area contributed by atoms with Gasteiger partial charge in [-0.1, -0.05) is 31.9 Å². The second-order valence-corrected chi connectivity index (χ2v) is 7.84. The number of carboxylic acids is 1. The first-order valence-corrected chi connectivity index (χ1v) is 9.41. The van der Waals surface area contributed by atoms with E-state index in [0.29, 0.717) is 13.1 Å². The lowest BCUT2D eigenvalue weighted by Gasteiger charge is -2.41. The number of hydrogen-bond acceptors (Lipinski definition) is 4. The Labute approximate surface area is 137 Å². The van der Waals surface area contributed by atoms with Gasteiger partial charge in [-0.25, -0.2) is 13.1 Å². The van der Waals surface area contributed by atoms with Gasteiger partial charge in [-0.15, -0.1) is 0 Å². The first-order chi connectivity index (χ1) is 10.9. The molecule has 1 fully saturated rings. The summed E-state index contributed by atoms with van der Waals surface area (Å²) in [5.41, 5.74) is 0.188. The van der Waals surface area contributed by atoms with E-state index in [1.807, 2.05) is 12.1 Å². The summed E-state index contributed by atoms with van der Waals surface area (Å²) in [6, 6.07) is 6.83. The molecule has 1 aromatic carbocycles. The lowest BCUT2D eigenvalue weighted by atomic mass is 9.90. The predicted octanol–water partition coefficient (Wildman–Crippen LogP) is 1.51. The molecular formula is C16H24N2O4S. The average Bonchev–Trinajstić information content (AvgIpc) is 2.45. The van der Waals surface area contributed by atoms with Crippen molar-refractivity contribution < 1.29 is 18.3 Å². The quantitative estimate of drug-likeness (QED) is 0.592. The molecule has 3 N–H and O–H groups in total. The summed E-state index contributed by atoms with van der Waals surface area (Å²) >= 11 is 0. The third kappa shape index (κ3) is 4.76. The molecule has 0 unspecified atom stereocenters. The maximum Gasteiger partial charge on any atom is 0.305 e. The van der Waals surface area contributed by atoms with Crippen molar-refractivity contribution in [1.82, 2.24) is 10.0 Å². The molecule has 0 spiro atoms. The zero-order chi connectivity index (χ0) is 16.9. The van der Waals surface area contributed by atoms with Crippen molar-refractivity contribution >= 4 is 16.0 Å². The number of nitrogens with one attached hydrogen (secondary N) is 2. The van der Waals surface area contributed by atoms with E-state index in [-0.39, 0.29) is 11.3 Å². The van der Waals surface area contributed by atoms with Crippen LogP contribution in [0.15, 0.2) is 29.2 Å². The number of sulfonamides is 1. The largest absolute Gasteiger partial charge is 0.481 e. The lowest BCUT2D eigenvalue weighted by Crippen LogP contribution is -2.69. The third-order valence-corrected chi connectivity index (χ3v) is 5.66. The Bertz CT molecular complexity index is 637. The molecule has 0 saturated carbocycles. The van der Waals surface area contributed by atoms with Gasteiger partial charge in [0, 0.05) is 13.1 Å². The number of unbranched alkanes of at least 4 members (excludes halogenated alkanes) is 2. The van der Waals surface area contributed by atoms with Crippen LogP contribution < -0.4 is 10.0 Å². The molecule has 1 aliphatic heterocycles. The maximum absolute atomic E-state index is 12.5. The number of carbonyl (C=O) groups is 1. The number of aliphatic carboxylic acids is 1. The molecule has 1 heterocycles. The van der Waals surface area contributed by atoms with Crippen LogP contribution in [0.5, 0.6) is 0 Å². The molecule has 0 amide bonds. The highest BCUT2D eigenvalue weighted by molar-refractivity contribution is 7.89. The van der Waals surface area contributed by atoms with Gasteiger partial charge in [0.2, 0.25) is 10.0 Å². The minimum atomic E-state index is -3.72. The number of rotatable bonds is 9. The van der Waals surface area contributed by atoms with Crippen LogP contribution in [-0.2, 0) is 21.2 Å². The molecule has 7 heteroatoms. The van der Waals surface area contributed by atoms with E-state index in [9.17, 15) is 13.2 Å². The third-order valence-electron chi connectivity index (χ3n) is 4.07. The summed E-state index contributed by atoms with van der Waals surface area (Å²) in [5.74, 6) is -1.01. The van der Waals surface area contributed by atoms with Crippen LogP contribution in [0.2, 0.25) is 0 Å². The molecule has 2 rings (SSSR count). The van der Waals surface area contributed by atoms with Gasteiger partial charge in [-0.3, -0.25) is 4.79 Å². The molecule has 0 radical (unpaired) electrons. The molecule has 23 heavy (non-hydrogen) atoms. The molecule has 6 nitrogen and oxygen atoms in total. The summed E-state index contributed by atoms with van der Waals surface area (Å²) in [6.07, 6.45) is 4.11. The van der Waals surface area contributed by atoms with Crippen molar-refractivity contribution in [2.75, 3.05) is 13.1 Å². The maximum atomic E-state index is 12.5. The summed E-state index contributed by atoms with van der Waals surface area (Å²) in [6.45, 7) is 2.80. The standard InChI is InChI=1S/C16H24N2O4S/c1-2-3-4-5-13-6-8-14(9-7-13)23(21,22)18-16(10-15(19)20)11-17-12-16/h6-9,17-18H,2-5,10-12H2,1H3,(H,19,20). The fourth-order valence-corrected chi connectivity index (χ4v) is 4.11. The second-order valence-electron chi connectivity index (χ2n) is 6.16. The van der Waals surface area contributed by atoms with Gasteiger partial charge in [0.25, 0.3) is 0 Å². The number of benzene rings is 1. The minimum Gasteiger partial charge on any atom is -0.481 e. The highest BCUT2D eigenvalue weighted by atomic mass is 32.2. The van der Waals surface area contributed by atoms with Gasteiger partial charge in [0.1, 0.15) is 0 Å². The van der Waals surface area contributed by atoms with Gasteiger partial charge in [0.15, 0.2) is 0 Å². The van der Waals surface area contributed by atoms with E-state index >= 15 is 0 Å². The van der Waals surface area contributed by atoms with Crippen LogP contribution in [0.1, 0.15) is 38.2 Å². The summed E-state index contributed by atoms with van der Waals surface area (Å²) in [5, 5.41) is 11.9. The molecule has 1 saturated heterocycles. The summed E-state index contributed by atoms with van der Waals surface area (Å²) in [4.78, 5) is 11.1. The fourth-order valence-electron chi connectivity index (χ4n) is 2.71. The zero-order valence-corrected chi connectivity index (χ0v) is 14.2. The van der Waals surface area contributed by atoms with Gasteiger partial charge in [-0.2, -0.15) is 0 Å². The molecule has 1 aliphatic rings. The SMILES string of the molecule is CCCCCc1ccc(S(=O)(=O)NC2(CC(=O)O)CNC2)cc1. The normalized spacial score (nSPS) is 16.7. The summed E-state index contributed by atoms with van der Waals surface area (Å²) in [7, 11) is -3.72. The van der Waals surface area contributed by atoms with Crippen molar-refractivity contribution in [3.8, 4) is 0 Å². The Kier molecular flexibility index (Phi) is 5.78. The molecule has 0 aliphatic carbocycles. The molecule has 128 valence electrons. The zero-order valence-electron chi connectivity index (χ0n) is 13.3. The first kappa shape index (κ1) is 17.9. The average molecular weight is 340 g/mol. The Morgan fingerprint density at radius 2 is 1.91 bits per heavy atom. The molecule has 0 aromatic heterocycles. The molecule has 1 aromatic rings. The Balaban J connectivity index is 2.05. The Hall–Kier alpha value is -1.44. The van der Waals surface area contributed by atoms with Gasteiger partial charge >= 0.3 is 5.97 Å². The van der Waals surface area contributed by atoms with Crippen molar-refractivity contribution in [1.29, 1.82) is 0 Å². The number of hydrogen-bond donors (Lipinski definition) is 3. The van der Waals surface area contributed by atoms with E-state index in [2.05, 4.69) is 17.0 Å². The highest BCUT2D eigenvalue weighted by Gasteiger charge is 2.42. The van der Waals surface area contributed by atoms with Crippen molar-refractivity contribution in [2.45, 2.75) is 49.5 Å². The van der Waals surface area contributed by atoms with Gasteiger partial charge in [-0.05, 0) is 30.5 Å².